The van der Waals surface area contributed by atoms with Gasteiger partial charge in [0.25, 0.3) is 0 Å². The van der Waals surface area contributed by atoms with Gasteiger partial charge in [0.05, 0.1) is 0 Å². The van der Waals surface area contributed by atoms with Crippen LogP contribution in [0.1, 0.15) is 40.0 Å². The van der Waals surface area contributed by atoms with Crippen LogP contribution in [0.2, 0.25) is 0 Å². The van der Waals surface area contributed by atoms with E-state index in [1.54, 1.807) is 6.07 Å². The lowest BCUT2D eigenvalue weighted by Gasteiger charge is -2.17. The highest BCUT2D eigenvalue weighted by molar-refractivity contribution is 5.90. The molecule has 21 heavy (non-hydrogen) atoms. The second-order valence-electron chi connectivity index (χ2n) is 5.37. The molecule has 1 N–H and O–H groups in total. The third-order valence-electron chi connectivity index (χ3n) is 3.78. The van der Waals surface area contributed by atoms with Crippen LogP contribution < -0.4 is 4.74 Å². The fourth-order valence-electron chi connectivity index (χ4n) is 2.68. The normalized spacial score (nSPS) is 13.6. The molecular weight excluding hydrogens is 266 g/mol. The second-order valence-corrected chi connectivity index (χ2v) is 5.37. The van der Waals surface area contributed by atoms with E-state index in [-0.39, 0.29) is 5.56 Å². The molecule has 0 bridgehead atoms. The lowest BCUT2D eigenvalue weighted by atomic mass is 9.92. The molecule has 3 rings (SSSR count). The molecule has 0 saturated heterocycles. The predicted octanol–water partition coefficient (Wildman–Crippen LogP) is 3.76. The van der Waals surface area contributed by atoms with Crippen molar-refractivity contribution < 1.29 is 14.6 Å². The average Bonchev–Trinajstić information content (AvgIpc) is 2.47. The largest absolute Gasteiger partial charge is 0.477 e. The predicted molar refractivity (Wildman–Crippen MR) is 79.1 cm³/mol. The van der Waals surface area contributed by atoms with Crippen LogP contribution in [0.3, 0.4) is 0 Å². The van der Waals surface area contributed by atoms with Crippen LogP contribution in [0.4, 0.5) is 0 Å². The number of aromatic nitrogens is 1. The quantitative estimate of drug-likeness (QED) is 0.931. The molecule has 0 saturated carbocycles. The van der Waals surface area contributed by atoms with E-state index in [1.165, 1.54) is 30.2 Å². The van der Waals surface area contributed by atoms with Crippen LogP contribution in [-0.4, -0.2) is 16.1 Å². The van der Waals surface area contributed by atoms with E-state index < -0.39 is 5.97 Å². The summed E-state index contributed by atoms with van der Waals surface area (Å²) < 4.78 is 5.80. The van der Waals surface area contributed by atoms with Gasteiger partial charge in [-0.3, -0.25) is 4.98 Å². The molecular formula is C17H17NO3. The molecule has 0 amide bonds. The first kappa shape index (κ1) is 13.6. The van der Waals surface area contributed by atoms with Gasteiger partial charge in [-0.05, 0) is 55.9 Å². The Bertz CT molecular complexity index is 694. The van der Waals surface area contributed by atoms with Crippen LogP contribution in [0.25, 0.3) is 0 Å². The van der Waals surface area contributed by atoms with Crippen LogP contribution in [0.15, 0.2) is 30.5 Å². The van der Waals surface area contributed by atoms with Crippen LogP contribution >= 0.6 is 0 Å². The zero-order valence-electron chi connectivity index (χ0n) is 11.9. The number of aromatic carboxylic acids is 1. The summed E-state index contributed by atoms with van der Waals surface area (Å²) in [4.78, 5) is 15.2. The number of aryl methyl sites for hydroxylation is 3. The van der Waals surface area contributed by atoms with Crippen LogP contribution in [0.5, 0.6) is 11.5 Å². The summed E-state index contributed by atoms with van der Waals surface area (Å²) in [5.74, 6) is -0.00929. The first-order chi connectivity index (χ1) is 10.1. The van der Waals surface area contributed by atoms with Gasteiger partial charge in [-0.15, -0.1) is 0 Å². The Labute approximate surface area is 123 Å². The molecule has 108 valence electrons. The van der Waals surface area contributed by atoms with Gasteiger partial charge in [0.15, 0.2) is 0 Å². The van der Waals surface area contributed by atoms with Crippen molar-refractivity contribution >= 4 is 5.97 Å². The van der Waals surface area contributed by atoms with Gasteiger partial charge in [0.1, 0.15) is 17.1 Å². The van der Waals surface area contributed by atoms with E-state index in [9.17, 15) is 9.90 Å². The van der Waals surface area contributed by atoms with E-state index in [0.717, 1.165) is 18.5 Å². The number of benzene rings is 1. The Kier molecular flexibility index (Phi) is 3.60. The van der Waals surface area contributed by atoms with Gasteiger partial charge in [-0.2, -0.15) is 0 Å². The van der Waals surface area contributed by atoms with Crippen molar-refractivity contribution in [3.8, 4) is 11.5 Å². The standard InChI is InChI=1S/C17H17NO3/c1-11-8-16(15(10-18-11)17(19)20)21-14-7-6-12-4-2-3-5-13(12)9-14/h6-10H,2-5H2,1H3,(H,19,20). The number of nitrogens with zero attached hydrogens (tertiary/aromatic N) is 1. The highest BCUT2D eigenvalue weighted by Gasteiger charge is 2.15. The maximum Gasteiger partial charge on any atom is 0.341 e. The molecule has 4 heteroatoms. The highest BCUT2D eigenvalue weighted by Crippen LogP contribution is 2.30. The van der Waals surface area contributed by atoms with Crippen LogP contribution in [0, 0.1) is 6.92 Å². The minimum atomic E-state index is -1.03. The van der Waals surface area contributed by atoms with Gasteiger partial charge >= 0.3 is 5.97 Å². The number of carboxylic acids is 1. The van der Waals surface area contributed by atoms with Crippen molar-refractivity contribution in [3.05, 3.63) is 52.8 Å². The number of rotatable bonds is 3. The number of pyridine rings is 1. The highest BCUT2D eigenvalue weighted by atomic mass is 16.5. The number of ether oxygens (including phenoxy) is 1. The van der Waals surface area contributed by atoms with Gasteiger partial charge in [0.2, 0.25) is 0 Å². The molecule has 0 fully saturated rings. The van der Waals surface area contributed by atoms with Gasteiger partial charge in [-0.25, -0.2) is 4.79 Å². The summed E-state index contributed by atoms with van der Waals surface area (Å²) >= 11 is 0. The molecule has 0 aliphatic heterocycles. The first-order valence-corrected chi connectivity index (χ1v) is 7.13. The molecule has 0 spiro atoms. The van der Waals surface area contributed by atoms with Crippen LogP contribution in [-0.2, 0) is 12.8 Å². The maximum atomic E-state index is 11.2. The molecule has 1 aromatic heterocycles. The zero-order valence-corrected chi connectivity index (χ0v) is 11.9. The number of carbonyl (C=O) groups is 1. The molecule has 1 heterocycles. The summed E-state index contributed by atoms with van der Waals surface area (Å²) in [6, 6.07) is 7.67. The molecule has 1 aliphatic rings. The number of fused-ring (bicyclic) bond motifs is 1. The van der Waals surface area contributed by atoms with Crippen molar-refractivity contribution in [2.45, 2.75) is 32.6 Å². The minimum absolute atomic E-state index is 0.0818. The minimum Gasteiger partial charge on any atom is -0.477 e. The van der Waals surface area contributed by atoms with Crippen molar-refractivity contribution in [1.82, 2.24) is 4.98 Å². The molecule has 2 aromatic rings. The summed E-state index contributed by atoms with van der Waals surface area (Å²) in [6.45, 7) is 1.81. The SMILES string of the molecule is Cc1cc(Oc2ccc3c(c2)CCCC3)c(C(=O)O)cn1. The van der Waals surface area contributed by atoms with Gasteiger partial charge in [-0.1, -0.05) is 6.07 Å². The molecule has 1 aromatic carbocycles. The van der Waals surface area contributed by atoms with Crippen molar-refractivity contribution in [2.24, 2.45) is 0 Å². The fourth-order valence-corrected chi connectivity index (χ4v) is 2.68. The first-order valence-electron chi connectivity index (χ1n) is 7.13. The van der Waals surface area contributed by atoms with E-state index in [2.05, 4.69) is 11.1 Å². The third kappa shape index (κ3) is 2.89. The molecule has 1 aliphatic carbocycles. The Morgan fingerprint density at radius 2 is 1.95 bits per heavy atom. The average molecular weight is 283 g/mol. The Hall–Kier alpha value is -2.36. The summed E-state index contributed by atoms with van der Waals surface area (Å²) in [6.07, 6.45) is 5.95. The zero-order chi connectivity index (χ0) is 14.8. The molecule has 4 nitrogen and oxygen atoms in total. The van der Waals surface area contributed by atoms with Gasteiger partial charge < -0.3 is 9.84 Å². The summed E-state index contributed by atoms with van der Waals surface area (Å²) in [7, 11) is 0. The number of hydrogen-bond donors (Lipinski definition) is 1. The molecule has 0 unspecified atom stereocenters. The van der Waals surface area contributed by atoms with E-state index in [1.807, 2.05) is 19.1 Å². The Morgan fingerprint density at radius 1 is 1.19 bits per heavy atom. The number of carboxylic acid groups (broad SMARTS) is 1. The van der Waals surface area contributed by atoms with E-state index >= 15 is 0 Å². The molecule has 0 radical (unpaired) electrons. The molecule has 0 atom stereocenters. The van der Waals surface area contributed by atoms with Gasteiger partial charge in [0, 0.05) is 18.0 Å². The van der Waals surface area contributed by atoms with Crippen molar-refractivity contribution in [1.29, 1.82) is 0 Å². The summed E-state index contributed by atoms with van der Waals surface area (Å²) in [5, 5.41) is 9.21. The monoisotopic (exact) mass is 283 g/mol. The number of hydrogen-bond acceptors (Lipinski definition) is 3. The topological polar surface area (TPSA) is 59.4 Å². The Morgan fingerprint density at radius 3 is 2.71 bits per heavy atom. The lowest BCUT2D eigenvalue weighted by molar-refractivity contribution is 0.0693. The second kappa shape index (κ2) is 5.56. The fraction of sp³-hybridized carbons (Fsp3) is 0.294. The maximum absolute atomic E-state index is 11.2. The van der Waals surface area contributed by atoms with E-state index in [0.29, 0.717) is 11.5 Å². The van der Waals surface area contributed by atoms with Crippen molar-refractivity contribution in [2.75, 3.05) is 0 Å². The lowest BCUT2D eigenvalue weighted by Crippen LogP contribution is -2.04. The smallest absolute Gasteiger partial charge is 0.341 e. The van der Waals surface area contributed by atoms with Crippen molar-refractivity contribution in [3.63, 3.8) is 0 Å². The van der Waals surface area contributed by atoms with E-state index in [4.69, 9.17) is 4.74 Å². The third-order valence-corrected chi connectivity index (χ3v) is 3.78. The Balaban J connectivity index is 1.93. The summed E-state index contributed by atoms with van der Waals surface area (Å²) in [5.41, 5.74) is 3.49.